The molecule has 0 unspecified atom stereocenters. The van der Waals surface area contributed by atoms with Crippen LogP contribution in [0.15, 0.2) is 24.3 Å². The van der Waals surface area contributed by atoms with E-state index in [2.05, 4.69) is 24.3 Å². The molecule has 0 radical (unpaired) electrons. The molecule has 1 aliphatic rings. The second-order valence-electron chi connectivity index (χ2n) is 2.84. The van der Waals surface area contributed by atoms with E-state index in [0.717, 1.165) is 12.8 Å². The Morgan fingerprint density at radius 3 is 2.73 bits per heavy atom. The van der Waals surface area contributed by atoms with Crippen LogP contribution in [0.3, 0.4) is 0 Å². The van der Waals surface area contributed by atoms with Crippen LogP contribution in [0.5, 0.6) is 0 Å². The Balaban J connectivity index is 0.000000605. The van der Waals surface area contributed by atoms with E-state index in [0.29, 0.717) is 6.04 Å². The Morgan fingerprint density at radius 1 is 1.27 bits per heavy atom. The summed E-state index contributed by atoms with van der Waals surface area (Å²) in [6, 6.07) is 8.74. The summed E-state index contributed by atoms with van der Waals surface area (Å²) in [5.41, 5.74) is 8.64. The van der Waals surface area contributed by atoms with Crippen molar-refractivity contribution < 1.29 is 0 Å². The summed E-state index contributed by atoms with van der Waals surface area (Å²) in [7, 11) is 0. The average Bonchev–Trinajstić information content (AvgIpc) is 2.34. The maximum Gasteiger partial charge on any atom is 0.0300 e. The third-order valence-electron chi connectivity index (χ3n) is 2.18. The molecule has 0 aliphatic heterocycles. The lowest BCUT2D eigenvalue weighted by Crippen LogP contribution is -2.04. The van der Waals surface area contributed by atoms with Crippen molar-refractivity contribution in [3.63, 3.8) is 0 Å². The van der Waals surface area contributed by atoms with Gasteiger partial charge in [-0.1, -0.05) is 24.3 Å². The van der Waals surface area contributed by atoms with Crippen molar-refractivity contribution in [1.29, 1.82) is 0 Å². The van der Waals surface area contributed by atoms with Gasteiger partial charge in [0.25, 0.3) is 0 Å². The van der Waals surface area contributed by atoms with E-state index in [1.54, 1.807) is 0 Å². The zero-order valence-electron chi connectivity index (χ0n) is 6.29. The molecule has 0 aromatic heterocycles. The van der Waals surface area contributed by atoms with Gasteiger partial charge in [0.05, 0.1) is 0 Å². The monoisotopic (exact) mass is 169 g/mol. The van der Waals surface area contributed by atoms with Crippen LogP contribution < -0.4 is 5.73 Å². The van der Waals surface area contributed by atoms with Gasteiger partial charge in [0.15, 0.2) is 0 Å². The molecule has 2 heteroatoms. The highest BCUT2D eigenvalue weighted by Gasteiger charge is 2.16. The van der Waals surface area contributed by atoms with Crippen molar-refractivity contribution in [1.82, 2.24) is 0 Å². The second-order valence-corrected chi connectivity index (χ2v) is 2.84. The highest BCUT2D eigenvalue weighted by molar-refractivity contribution is 5.85. The minimum Gasteiger partial charge on any atom is -0.324 e. The highest BCUT2D eigenvalue weighted by Crippen LogP contribution is 2.28. The molecular weight excluding hydrogens is 158 g/mol. The van der Waals surface area contributed by atoms with Gasteiger partial charge in [0.2, 0.25) is 0 Å². The molecule has 1 aromatic rings. The summed E-state index contributed by atoms with van der Waals surface area (Å²) in [4.78, 5) is 0. The number of aryl methyl sites for hydroxylation is 1. The minimum absolute atomic E-state index is 0. The summed E-state index contributed by atoms with van der Waals surface area (Å²) in [6.07, 6.45) is 2.29. The molecule has 0 saturated carbocycles. The van der Waals surface area contributed by atoms with Crippen molar-refractivity contribution >= 4 is 12.4 Å². The number of nitrogens with two attached hydrogens (primary N) is 1. The molecule has 0 heterocycles. The van der Waals surface area contributed by atoms with Crippen LogP contribution in [-0.2, 0) is 6.42 Å². The molecule has 1 aromatic carbocycles. The van der Waals surface area contributed by atoms with Gasteiger partial charge in [-0.25, -0.2) is 0 Å². The molecular formula is C9H12ClN. The molecule has 0 bridgehead atoms. The third kappa shape index (κ3) is 1.39. The predicted octanol–water partition coefficient (Wildman–Crippen LogP) is 2.05. The Morgan fingerprint density at radius 2 is 2.00 bits per heavy atom. The smallest absolute Gasteiger partial charge is 0.0300 e. The van der Waals surface area contributed by atoms with Crippen LogP contribution in [0.4, 0.5) is 0 Å². The Kier molecular flexibility index (Phi) is 2.53. The van der Waals surface area contributed by atoms with Crippen molar-refractivity contribution in [3.05, 3.63) is 35.4 Å². The summed E-state index contributed by atoms with van der Waals surface area (Å²) < 4.78 is 0. The minimum atomic E-state index is 0. The molecule has 2 N–H and O–H groups in total. The molecule has 60 valence electrons. The lowest BCUT2D eigenvalue weighted by molar-refractivity contribution is 0.713. The lowest BCUT2D eigenvalue weighted by Gasteiger charge is -2.01. The topological polar surface area (TPSA) is 26.0 Å². The molecule has 0 amide bonds. The molecule has 0 fully saturated rings. The van der Waals surface area contributed by atoms with Crippen LogP contribution in [0, 0.1) is 0 Å². The third-order valence-corrected chi connectivity index (χ3v) is 2.18. The maximum atomic E-state index is 5.85. The standard InChI is InChI=1S/C9H11N.ClH/c10-9-6-5-7-3-1-2-4-8(7)9;/h1-4,9H,5-6,10H2;1H/t9-;/m1./s1. The number of hydrogen-bond acceptors (Lipinski definition) is 1. The number of fused-ring (bicyclic) bond motifs is 1. The first-order valence-corrected chi connectivity index (χ1v) is 3.71. The van der Waals surface area contributed by atoms with E-state index in [1.165, 1.54) is 11.1 Å². The zero-order valence-corrected chi connectivity index (χ0v) is 7.10. The number of hydrogen-bond donors (Lipinski definition) is 1. The predicted molar refractivity (Wildman–Crippen MR) is 48.9 cm³/mol. The molecule has 0 spiro atoms. The van der Waals surface area contributed by atoms with Gasteiger partial charge in [0, 0.05) is 6.04 Å². The number of halogens is 1. The van der Waals surface area contributed by atoms with E-state index in [9.17, 15) is 0 Å². The fourth-order valence-electron chi connectivity index (χ4n) is 1.59. The highest BCUT2D eigenvalue weighted by atomic mass is 35.5. The number of rotatable bonds is 0. The van der Waals surface area contributed by atoms with Crippen molar-refractivity contribution in [3.8, 4) is 0 Å². The molecule has 2 rings (SSSR count). The number of benzene rings is 1. The van der Waals surface area contributed by atoms with Gasteiger partial charge in [-0.05, 0) is 24.0 Å². The largest absolute Gasteiger partial charge is 0.324 e. The van der Waals surface area contributed by atoms with Crippen molar-refractivity contribution in [2.24, 2.45) is 5.73 Å². The van der Waals surface area contributed by atoms with Crippen LogP contribution in [0.1, 0.15) is 23.6 Å². The first-order chi connectivity index (χ1) is 4.88. The van der Waals surface area contributed by atoms with Gasteiger partial charge in [-0.2, -0.15) is 0 Å². The van der Waals surface area contributed by atoms with E-state index in [4.69, 9.17) is 5.73 Å². The summed E-state index contributed by atoms with van der Waals surface area (Å²) in [5, 5.41) is 0. The first kappa shape index (κ1) is 8.57. The molecule has 11 heavy (non-hydrogen) atoms. The van der Waals surface area contributed by atoms with Crippen LogP contribution in [0.2, 0.25) is 0 Å². The molecule has 1 aliphatic carbocycles. The van der Waals surface area contributed by atoms with E-state index in [1.807, 2.05) is 0 Å². The van der Waals surface area contributed by atoms with Gasteiger partial charge in [0.1, 0.15) is 0 Å². The van der Waals surface area contributed by atoms with E-state index >= 15 is 0 Å². The maximum absolute atomic E-state index is 5.85. The SMILES string of the molecule is Cl.N[C@@H]1CCc2ccccc21. The van der Waals surface area contributed by atoms with E-state index < -0.39 is 0 Å². The Labute approximate surface area is 73.0 Å². The van der Waals surface area contributed by atoms with Gasteiger partial charge in [-0.15, -0.1) is 12.4 Å². The van der Waals surface area contributed by atoms with Crippen molar-refractivity contribution in [2.45, 2.75) is 18.9 Å². The average molecular weight is 170 g/mol. The van der Waals surface area contributed by atoms with Crippen molar-refractivity contribution in [2.75, 3.05) is 0 Å². The fraction of sp³-hybridized carbons (Fsp3) is 0.333. The van der Waals surface area contributed by atoms with Crippen LogP contribution in [0.25, 0.3) is 0 Å². The van der Waals surface area contributed by atoms with Gasteiger partial charge < -0.3 is 5.73 Å². The summed E-state index contributed by atoms with van der Waals surface area (Å²) >= 11 is 0. The van der Waals surface area contributed by atoms with Gasteiger partial charge in [-0.3, -0.25) is 0 Å². The normalized spacial score (nSPS) is 20.6. The lowest BCUT2D eigenvalue weighted by atomic mass is 10.1. The molecule has 0 saturated heterocycles. The summed E-state index contributed by atoms with van der Waals surface area (Å²) in [5.74, 6) is 0. The first-order valence-electron chi connectivity index (χ1n) is 3.71. The van der Waals surface area contributed by atoms with Crippen LogP contribution in [-0.4, -0.2) is 0 Å². The van der Waals surface area contributed by atoms with Gasteiger partial charge >= 0.3 is 0 Å². The molecule has 1 atom stereocenters. The quantitative estimate of drug-likeness (QED) is 0.632. The zero-order chi connectivity index (χ0) is 6.97. The van der Waals surface area contributed by atoms with E-state index in [-0.39, 0.29) is 12.4 Å². The summed E-state index contributed by atoms with van der Waals surface area (Å²) in [6.45, 7) is 0. The fourth-order valence-corrected chi connectivity index (χ4v) is 1.59. The Bertz CT molecular complexity index is 247. The molecule has 1 nitrogen and oxygen atoms in total. The van der Waals surface area contributed by atoms with Crippen LogP contribution >= 0.6 is 12.4 Å². The Hall–Kier alpha value is -0.530. The second kappa shape index (κ2) is 3.24.